The van der Waals surface area contributed by atoms with Gasteiger partial charge < -0.3 is 0 Å². The first-order chi connectivity index (χ1) is 5.46. The lowest BCUT2D eigenvalue weighted by molar-refractivity contribution is 0.389. The number of alkyl halides is 1. The average molecular weight is 303 g/mol. The molecule has 0 amide bonds. The Balaban J connectivity index is 2.81. The van der Waals surface area contributed by atoms with E-state index >= 15 is 0 Å². The van der Waals surface area contributed by atoms with Crippen LogP contribution < -0.4 is 0 Å². The summed E-state index contributed by atoms with van der Waals surface area (Å²) >= 11 is 2.34. The lowest BCUT2D eigenvalue weighted by Crippen LogP contribution is -2.36. The van der Waals surface area contributed by atoms with Crippen LogP contribution in [0.25, 0.3) is 0 Å². The highest BCUT2D eigenvalue weighted by atomic mass is 127. The maximum absolute atomic E-state index is 11.3. The quantitative estimate of drug-likeness (QED) is 0.568. The second kappa shape index (κ2) is 3.79. The second-order valence-corrected chi connectivity index (χ2v) is 6.69. The van der Waals surface area contributed by atoms with Gasteiger partial charge in [0.15, 0.2) is 0 Å². The Morgan fingerprint density at radius 2 is 2.17 bits per heavy atom. The van der Waals surface area contributed by atoms with E-state index in [4.69, 9.17) is 0 Å². The maximum Gasteiger partial charge on any atom is 0.211 e. The minimum atomic E-state index is -2.97. The monoisotopic (exact) mass is 303 g/mol. The number of rotatable bonds is 2. The smallest absolute Gasteiger partial charge is 0.211 e. The lowest BCUT2D eigenvalue weighted by atomic mass is 10.2. The van der Waals surface area contributed by atoms with Gasteiger partial charge in [0.25, 0.3) is 0 Å². The molecule has 1 saturated heterocycles. The Morgan fingerprint density at radius 1 is 1.58 bits per heavy atom. The first kappa shape index (κ1) is 10.7. The topological polar surface area (TPSA) is 37.4 Å². The van der Waals surface area contributed by atoms with Crippen LogP contribution in [0.5, 0.6) is 0 Å². The fourth-order valence-corrected chi connectivity index (χ4v) is 4.28. The molecule has 1 heterocycles. The number of nitrogens with zero attached hydrogens (tertiary/aromatic N) is 1. The number of sulfonamides is 1. The van der Waals surface area contributed by atoms with Gasteiger partial charge in [0.2, 0.25) is 10.0 Å². The van der Waals surface area contributed by atoms with Crippen molar-refractivity contribution in [2.45, 2.75) is 29.7 Å². The molecule has 0 aromatic rings. The van der Waals surface area contributed by atoms with E-state index in [1.807, 2.05) is 6.92 Å². The molecule has 72 valence electrons. The molecule has 1 aliphatic heterocycles. The van der Waals surface area contributed by atoms with Crippen LogP contribution in [-0.2, 0) is 10.0 Å². The van der Waals surface area contributed by atoms with Gasteiger partial charge in [0, 0.05) is 16.5 Å². The SMILES string of the molecule is CC[C@H]1[C@H](I)CCN1S(C)(=O)=O. The molecule has 0 radical (unpaired) electrons. The molecule has 0 aromatic heterocycles. The summed E-state index contributed by atoms with van der Waals surface area (Å²) in [7, 11) is -2.97. The molecule has 2 atom stereocenters. The van der Waals surface area contributed by atoms with Gasteiger partial charge in [-0.25, -0.2) is 8.42 Å². The van der Waals surface area contributed by atoms with Crippen LogP contribution >= 0.6 is 22.6 Å². The zero-order chi connectivity index (χ0) is 9.35. The predicted octanol–water partition coefficient (Wildman–Crippen LogP) is 1.23. The fourth-order valence-electron chi connectivity index (χ4n) is 1.66. The van der Waals surface area contributed by atoms with E-state index in [1.165, 1.54) is 6.26 Å². The van der Waals surface area contributed by atoms with Crippen LogP contribution in [-0.4, -0.2) is 35.5 Å². The van der Waals surface area contributed by atoms with E-state index in [2.05, 4.69) is 22.6 Å². The van der Waals surface area contributed by atoms with Crippen molar-refractivity contribution in [3.05, 3.63) is 0 Å². The third-order valence-electron chi connectivity index (χ3n) is 2.26. The Hall–Kier alpha value is 0.640. The van der Waals surface area contributed by atoms with Gasteiger partial charge >= 0.3 is 0 Å². The highest BCUT2D eigenvalue weighted by molar-refractivity contribution is 14.1. The summed E-state index contributed by atoms with van der Waals surface area (Å²) in [6, 6.07) is 0.223. The van der Waals surface area contributed by atoms with Crippen LogP contribution in [0.15, 0.2) is 0 Å². The maximum atomic E-state index is 11.3. The zero-order valence-corrected chi connectivity index (χ0v) is 10.3. The van der Waals surface area contributed by atoms with E-state index in [0.29, 0.717) is 10.5 Å². The van der Waals surface area contributed by atoms with Crippen molar-refractivity contribution >= 4 is 32.6 Å². The minimum Gasteiger partial charge on any atom is -0.212 e. The summed E-state index contributed by atoms with van der Waals surface area (Å²) in [5.41, 5.74) is 0. The molecule has 0 aromatic carbocycles. The predicted molar refractivity (Wildman–Crippen MR) is 58.1 cm³/mol. The summed E-state index contributed by atoms with van der Waals surface area (Å²) in [4.78, 5) is 0. The molecular weight excluding hydrogens is 289 g/mol. The molecule has 1 rings (SSSR count). The van der Waals surface area contributed by atoms with Crippen molar-refractivity contribution in [3.8, 4) is 0 Å². The summed E-state index contributed by atoms with van der Waals surface area (Å²) in [5, 5.41) is 0. The van der Waals surface area contributed by atoms with Crippen LogP contribution in [0.4, 0.5) is 0 Å². The van der Waals surface area contributed by atoms with E-state index < -0.39 is 10.0 Å². The number of hydrogen-bond acceptors (Lipinski definition) is 2. The van der Waals surface area contributed by atoms with Gasteiger partial charge in [-0.3, -0.25) is 0 Å². The third kappa shape index (κ3) is 2.11. The second-order valence-electron chi connectivity index (χ2n) is 3.15. The van der Waals surface area contributed by atoms with E-state index in [9.17, 15) is 8.42 Å². The van der Waals surface area contributed by atoms with Gasteiger partial charge in [0.05, 0.1) is 6.26 Å². The van der Waals surface area contributed by atoms with Crippen LogP contribution in [0.3, 0.4) is 0 Å². The number of halogens is 1. The van der Waals surface area contributed by atoms with Crippen molar-refractivity contribution in [2.75, 3.05) is 12.8 Å². The van der Waals surface area contributed by atoms with Crippen molar-refractivity contribution in [3.63, 3.8) is 0 Å². The fraction of sp³-hybridized carbons (Fsp3) is 1.00. The van der Waals surface area contributed by atoms with E-state index in [0.717, 1.165) is 12.8 Å². The summed E-state index contributed by atoms with van der Waals surface area (Å²) in [6.45, 7) is 2.74. The summed E-state index contributed by atoms with van der Waals surface area (Å²) in [5.74, 6) is 0. The molecule has 5 heteroatoms. The van der Waals surface area contributed by atoms with Gasteiger partial charge in [-0.05, 0) is 12.8 Å². The summed E-state index contributed by atoms with van der Waals surface area (Å²) < 4.78 is 24.7. The van der Waals surface area contributed by atoms with Crippen LogP contribution in [0.1, 0.15) is 19.8 Å². The third-order valence-corrected chi connectivity index (χ3v) is 5.02. The van der Waals surface area contributed by atoms with Gasteiger partial charge in [0.1, 0.15) is 0 Å². The highest BCUT2D eigenvalue weighted by Crippen LogP contribution is 2.28. The largest absolute Gasteiger partial charge is 0.212 e. The molecule has 0 bridgehead atoms. The number of hydrogen-bond donors (Lipinski definition) is 0. The Morgan fingerprint density at radius 3 is 2.50 bits per heavy atom. The standard InChI is InChI=1S/C7H14INO2S/c1-3-7-6(8)4-5-9(7)12(2,10)11/h6-7H,3-5H2,1-2H3/t6-,7+/m1/s1. The lowest BCUT2D eigenvalue weighted by Gasteiger charge is -2.22. The van der Waals surface area contributed by atoms with Crippen molar-refractivity contribution in [2.24, 2.45) is 0 Å². The molecule has 3 nitrogen and oxygen atoms in total. The van der Waals surface area contributed by atoms with Gasteiger partial charge in [-0.15, -0.1) is 0 Å². The van der Waals surface area contributed by atoms with Crippen molar-refractivity contribution in [1.29, 1.82) is 0 Å². The molecule has 0 saturated carbocycles. The summed E-state index contributed by atoms with van der Waals surface area (Å²) in [6.07, 6.45) is 3.21. The molecular formula is C7H14INO2S. The molecule has 1 aliphatic rings. The van der Waals surface area contributed by atoms with Gasteiger partial charge in [-0.1, -0.05) is 29.5 Å². The van der Waals surface area contributed by atoms with Crippen LogP contribution in [0, 0.1) is 0 Å². The van der Waals surface area contributed by atoms with Gasteiger partial charge in [-0.2, -0.15) is 4.31 Å². The molecule has 0 aliphatic carbocycles. The van der Waals surface area contributed by atoms with E-state index in [1.54, 1.807) is 4.31 Å². The molecule has 1 fully saturated rings. The minimum absolute atomic E-state index is 0.223. The normalized spacial score (nSPS) is 32.6. The van der Waals surface area contributed by atoms with Crippen LogP contribution in [0.2, 0.25) is 0 Å². The Bertz CT molecular complexity index is 252. The first-order valence-corrected chi connectivity index (χ1v) is 7.17. The Kier molecular flexibility index (Phi) is 3.39. The molecule has 0 unspecified atom stereocenters. The molecule has 0 spiro atoms. The van der Waals surface area contributed by atoms with Crippen molar-refractivity contribution in [1.82, 2.24) is 4.31 Å². The highest BCUT2D eigenvalue weighted by Gasteiger charge is 2.36. The Labute approximate surface area is 87.7 Å². The average Bonchev–Trinajstić information content (AvgIpc) is 2.29. The molecule has 0 N–H and O–H groups in total. The van der Waals surface area contributed by atoms with Crippen molar-refractivity contribution < 1.29 is 8.42 Å². The zero-order valence-electron chi connectivity index (χ0n) is 7.33. The van der Waals surface area contributed by atoms with E-state index in [-0.39, 0.29) is 6.04 Å². The first-order valence-electron chi connectivity index (χ1n) is 4.07. The molecule has 12 heavy (non-hydrogen) atoms.